The second kappa shape index (κ2) is 7.64. The molecule has 0 spiro atoms. The Labute approximate surface area is 170 Å². The Morgan fingerprint density at radius 1 is 0.679 bits per heavy atom. The lowest BCUT2D eigenvalue weighted by Gasteiger charge is -2.19. The maximum absolute atomic E-state index is 4.98. The Hall–Kier alpha value is -2.85. The van der Waals surface area contributed by atoms with Gasteiger partial charge in [-0.05, 0) is 47.5 Å². The molecule has 0 fully saturated rings. The van der Waals surface area contributed by atoms with Crippen LogP contribution in [0.15, 0.2) is 72.8 Å². The lowest BCUT2D eigenvalue weighted by Crippen LogP contribution is -2.10. The topological polar surface area (TPSA) is 19.4 Å². The predicted octanol–water partition coefficient (Wildman–Crippen LogP) is 5.61. The Bertz CT molecular complexity index is 979. The van der Waals surface area contributed by atoms with Gasteiger partial charge in [0, 0.05) is 39.6 Å². The summed E-state index contributed by atoms with van der Waals surface area (Å²) in [5.41, 5.74) is 6.01. The number of para-hydroxylation sites is 1. The van der Waals surface area contributed by atoms with Crippen LogP contribution in [-0.4, -0.2) is 33.2 Å². The monoisotopic (exact) mass is 387 g/mol. The smallest absolute Gasteiger partial charge is 0.106 e. The molecule has 4 heteroatoms. The minimum Gasteiger partial charge on any atom is -0.378 e. The van der Waals surface area contributed by atoms with E-state index in [2.05, 4.69) is 111 Å². The largest absolute Gasteiger partial charge is 0.378 e. The van der Waals surface area contributed by atoms with Gasteiger partial charge in [0.2, 0.25) is 0 Å². The molecular weight excluding hydrogens is 362 g/mol. The van der Waals surface area contributed by atoms with Gasteiger partial charge < -0.3 is 9.80 Å². The van der Waals surface area contributed by atoms with Gasteiger partial charge in [-0.3, -0.25) is 0 Å². The van der Waals surface area contributed by atoms with Crippen LogP contribution in [0.5, 0.6) is 0 Å². The summed E-state index contributed by atoms with van der Waals surface area (Å²) in [5, 5.41) is 1.14. The van der Waals surface area contributed by atoms with E-state index in [0.29, 0.717) is 0 Å². The van der Waals surface area contributed by atoms with Gasteiger partial charge in [0.15, 0.2) is 0 Å². The molecule has 142 valence electrons. The Balaban J connectivity index is 1.82. The number of aromatic nitrogens is 1. The van der Waals surface area contributed by atoms with E-state index in [1.807, 2.05) is 0 Å². The standard InChI is InChI=1S/C24H25N3S/c1-26(2)19-13-9-17(10-14-19)23(18-11-15-20(16-12-18)27(3)4)24-25-21-7-5-6-8-22(21)28-24/h5-16,23H,1-4H3. The van der Waals surface area contributed by atoms with Crippen LogP contribution in [0.3, 0.4) is 0 Å². The average molecular weight is 388 g/mol. The summed E-state index contributed by atoms with van der Waals surface area (Å²) >= 11 is 1.78. The molecule has 0 radical (unpaired) electrons. The number of anilines is 2. The zero-order chi connectivity index (χ0) is 19.7. The molecule has 4 aromatic rings. The number of hydrogen-bond donors (Lipinski definition) is 0. The van der Waals surface area contributed by atoms with Crippen molar-refractivity contribution in [3.63, 3.8) is 0 Å². The lowest BCUT2D eigenvalue weighted by molar-refractivity contribution is 0.959. The first kappa shape index (κ1) is 18.5. The Kier molecular flexibility index (Phi) is 5.05. The van der Waals surface area contributed by atoms with Crippen LogP contribution in [0.2, 0.25) is 0 Å². The minimum absolute atomic E-state index is 0.129. The van der Waals surface area contributed by atoms with E-state index in [1.165, 1.54) is 27.2 Å². The number of thiazole rings is 1. The van der Waals surface area contributed by atoms with E-state index in [0.717, 1.165) is 10.5 Å². The fourth-order valence-corrected chi connectivity index (χ4v) is 4.55. The SMILES string of the molecule is CN(C)c1ccc(C(c2ccc(N(C)C)cc2)c2nc3ccccc3s2)cc1. The molecule has 3 aromatic carbocycles. The van der Waals surface area contributed by atoms with E-state index in [1.54, 1.807) is 11.3 Å². The zero-order valence-corrected chi connectivity index (χ0v) is 17.6. The Morgan fingerprint density at radius 3 is 1.64 bits per heavy atom. The van der Waals surface area contributed by atoms with E-state index in [4.69, 9.17) is 4.98 Å². The summed E-state index contributed by atoms with van der Waals surface area (Å²) in [6.45, 7) is 0. The fourth-order valence-electron chi connectivity index (χ4n) is 3.42. The minimum atomic E-state index is 0.129. The highest BCUT2D eigenvalue weighted by atomic mass is 32.1. The normalized spacial score (nSPS) is 11.2. The maximum atomic E-state index is 4.98. The van der Waals surface area contributed by atoms with Gasteiger partial charge in [-0.25, -0.2) is 4.98 Å². The highest BCUT2D eigenvalue weighted by Crippen LogP contribution is 2.37. The third-order valence-corrected chi connectivity index (χ3v) is 6.14. The molecule has 0 atom stereocenters. The number of rotatable bonds is 5. The first-order valence-electron chi connectivity index (χ1n) is 9.43. The molecule has 3 nitrogen and oxygen atoms in total. The van der Waals surface area contributed by atoms with E-state index >= 15 is 0 Å². The van der Waals surface area contributed by atoms with Crippen LogP contribution < -0.4 is 9.80 Å². The van der Waals surface area contributed by atoms with Gasteiger partial charge in [-0.15, -0.1) is 11.3 Å². The molecule has 0 N–H and O–H groups in total. The summed E-state index contributed by atoms with van der Waals surface area (Å²) in [4.78, 5) is 9.23. The first-order valence-corrected chi connectivity index (χ1v) is 10.2. The van der Waals surface area contributed by atoms with Gasteiger partial charge >= 0.3 is 0 Å². The molecule has 28 heavy (non-hydrogen) atoms. The van der Waals surface area contributed by atoms with Crippen LogP contribution in [0, 0.1) is 0 Å². The van der Waals surface area contributed by atoms with Crippen molar-refractivity contribution in [1.29, 1.82) is 0 Å². The molecule has 4 rings (SSSR count). The summed E-state index contributed by atoms with van der Waals surface area (Å²) < 4.78 is 1.23. The van der Waals surface area contributed by atoms with E-state index in [9.17, 15) is 0 Å². The van der Waals surface area contributed by atoms with Crippen molar-refractivity contribution in [3.05, 3.63) is 88.9 Å². The molecule has 0 unspecified atom stereocenters. The van der Waals surface area contributed by atoms with Crippen molar-refractivity contribution >= 4 is 32.9 Å². The average Bonchev–Trinajstić information content (AvgIpc) is 3.12. The zero-order valence-electron chi connectivity index (χ0n) is 16.8. The lowest BCUT2D eigenvalue weighted by atomic mass is 9.91. The van der Waals surface area contributed by atoms with Crippen LogP contribution in [0.1, 0.15) is 22.1 Å². The van der Waals surface area contributed by atoms with Crippen molar-refractivity contribution < 1.29 is 0 Å². The highest BCUT2D eigenvalue weighted by Gasteiger charge is 2.21. The Morgan fingerprint density at radius 2 is 1.18 bits per heavy atom. The predicted molar refractivity (Wildman–Crippen MR) is 122 cm³/mol. The van der Waals surface area contributed by atoms with E-state index in [-0.39, 0.29) is 5.92 Å². The summed E-state index contributed by atoms with van der Waals surface area (Å²) in [5.74, 6) is 0.129. The molecule has 0 aliphatic carbocycles. The van der Waals surface area contributed by atoms with Crippen LogP contribution in [0.4, 0.5) is 11.4 Å². The maximum Gasteiger partial charge on any atom is 0.106 e. The van der Waals surface area contributed by atoms with E-state index < -0.39 is 0 Å². The third kappa shape index (κ3) is 3.60. The molecule has 0 bridgehead atoms. The molecule has 0 saturated heterocycles. The molecule has 0 aliphatic heterocycles. The second-order valence-electron chi connectivity index (χ2n) is 7.42. The number of benzene rings is 3. The highest BCUT2D eigenvalue weighted by molar-refractivity contribution is 7.18. The van der Waals surface area contributed by atoms with Gasteiger partial charge in [0.25, 0.3) is 0 Å². The van der Waals surface area contributed by atoms with Gasteiger partial charge in [0.1, 0.15) is 5.01 Å². The van der Waals surface area contributed by atoms with Crippen molar-refractivity contribution in [1.82, 2.24) is 4.98 Å². The summed E-state index contributed by atoms with van der Waals surface area (Å²) in [7, 11) is 8.28. The first-order chi connectivity index (χ1) is 13.5. The molecule has 1 heterocycles. The van der Waals surface area contributed by atoms with Crippen molar-refractivity contribution in [2.24, 2.45) is 0 Å². The van der Waals surface area contributed by atoms with Crippen molar-refractivity contribution in [2.75, 3.05) is 38.0 Å². The fraction of sp³-hybridized carbons (Fsp3) is 0.208. The van der Waals surface area contributed by atoms with Crippen LogP contribution >= 0.6 is 11.3 Å². The molecule has 0 amide bonds. The number of fused-ring (bicyclic) bond motifs is 1. The molecule has 0 aliphatic rings. The van der Waals surface area contributed by atoms with Gasteiger partial charge in [0.05, 0.1) is 16.1 Å². The molecular formula is C24H25N3S. The summed E-state index contributed by atoms with van der Waals surface area (Å²) in [6, 6.07) is 26.0. The van der Waals surface area contributed by atoms with Crippen LogP contribution in [0.25, 0.3) is 10.2 Å². The second-order valence-corrected chi connectivity index (χ2v) is 8.49. The van der Waals surface area contributed by atoms with Crippen molar-refractivity contribution in [3.8, 4) is 0 Å². The summed E-state index contributed by atoms with van der Waals surface area (Å²) in [6.07, 6.45) is 0. The van der Waals surface area contributed by atoms with Gasteiger partial charge in [-0.2, -0.15) is 0 Å². The quantitative estimate of drug-likeness (QED) is 0.444. The van der Waals surface area contributed by atoms with Crippen molar-refractivity contribution in [2.45, 2.75) is 5.92 Å². The molecule has 0 saturated carbocycles. The third-order valence-electron chi connectivity index (χ3n) is 5.04. The van der Waals surface area contributed by atoms with Gasteiger partial charge in [-0.1, -0.05) is 36.4 Å². The number of hydrogen-bond acceptors (Lipinski definition) is 4. The van der Waals surface area contributed by atoms with Crippen LogP contribution in [-0.2, 0) is 0 Å². The number of nitrogens with zero attached hydrogens (tertiary/aromatic N) is 3. The molecule has 1 aromatic heterocycles.